The molecule has 4 heteroatoms. The van der Waals surface area contributed by atoms with Crippen LogP contribution < -0.4 is 5.32 Å². The topological polar surface area (TPSA) is 15.3 Å². The van der Waals surface area contributed by atoms with Gasteiger partial charge in [0.1, 0.15) is 0 Å². The molecule has 1 aromatic heterocycles. The van der Waals surface area contributed by atoms with Crippen LogP contribution in [0.1, 0.15) is 31.2 Å². The predicted molar refractivity (Wildman–Crippen MR) is 76.0 cm³/mol. The van der Waals surface area contributed by atoms with E-state index in [1.807, 2.05) is 6.07 Å². The molecule has 96 valence electrons. The van der Waals surface area contributed by atoms with Crippen LogP contribution in [-0.4, -0.2) is 31.1 Å². The fourth-order valence-electron chi connectivity index (χ4n) is 2.41. The molecule has 1 aliphatic heterocycles. The molecule has 0 unspecified atom stereocenters. The zero-order valence-electron chi connectivity index (χ0n) is 10.6. The summed E-state index contributed by atoms with van der Waals surface area (Å²) in [6.45, 7) is 9.03. The number of hydrogen-bond donors (Lipinski definition) is 1. The number of nitrogens with zero attached hydrogens (tertiary/aromatic N) is 1. The molecule has 2 nitrogen and oxygen atoms in total. The quantitative estimate of drug-likeness (QED) is 0.904. The highest BCUT2D eigenvalue weighted by Crippen LogP contribution is 2.36. The van der Waals surface area contributed by atoms with E-state index < -0.39 is 0 Å². The smallest absolute Gasteiger partial charge is 0.0561 e. The fourth-order valence-corrected chi connectivity index (χ4v) is 3.74. The first-order chi connectivity index (χ1) is 8.18. The van der Waals surface area contributed by atoms with Crippen molar-refractivity contribution in [1.29, 1.82) is 0 Å². The summed E-state index contributed by atoms with van der Waals surface area (Å²) < 4.78 is 0. The summed E-state index contributed by atoms with van der Waals surface area (Å²) in [7, 11) is 0. The summed E-state index contributed by atoms with van der Waals surface area (Å²) in [6.07, 6.45) is 1.19. The molecule has 1 atom stereocenters. The molecule has 17 heavy (non-hydrogen) atoms. The number of hydrogen-bond acceptors (Lipinski definition) is 3. The average molecular weight is 273 g/mol. The Kier molecular flexibility index (Phi) is 4.86. The molecule has 1 saturated heterocycles. The molecule has 0 aromatic carbocycles. The van der Waals surface area contributed by atoms with Gasteiger partial charge in [-0.15, -0.1) is 11.3 Å². The Labute approximate surface area is 113 Å². The maximum absolute atomic E-state index is 6.31. The third-order valence-electron chi connectivity index (χ3n) is 3.23. The van der Waals surface area contributed by atoms with E-state index >= 15 is 0 Å². The van der Waals surface area contributed by atoms with Crippen molar-refractivity contribution >= 4 is 22.9 Å². The first-order valence-electron chi connectivity index (χ1n) is 6.36. The van der Waals surface area contributed by atoms with Gasteiger partial charge in [0.25, 0.3) is 0 Å². The van der Waals surface area contributed by atoms with Crippen molar-refractivity contribution in [2.24, 2.45) is 5.92 Å². The number of thiophene rings is 1. The standard InChI is InChI=1S/C13H21ClN2S/c1-10(2)9-12(13-11(14)3-8-17-13)16-6-4-15-5-7-16/h3,8,10,12,15H,4-7,9H2,1-2H3/t12-/m0/s1. The van der Waals surface area contributed by atoms with E-state index in [0.717, 1.165) is 31.2 Å². The normalized spacial score (nSPS) is 19.8. The van der Waals surface area contributed by atoms with Gasteiger partial charge in [-0.2, -0.15) is 0 Å². The van der Waals surface area contributed by atoms with Gasteiger partial charge in [-0.1, -0.05) is 25.4 Å². The van der Waals surface area contributed by atoms with Crippen molar-refractivity contribution in [3.8, 4) is 0 Å². The van der Waals surface area contributed by atoms with Crippen LogP contribution in [0.3, 0.4) is 0 Å². The Bertz CT molecular complexity index is 345. The minimum atomic E-state index is 0.504. The molecular formula is C13H21ClN2S. The Morgan fingerprint density at radius 1 is 1.41 bits per heavy atom. The van der Waals surface area contributed by atoms with Crippen molar-refractivity contribution in [3.05, 3.63) is 21.3 Å². The second-order valence-corrected chi connectivity index (χ2v) is 6.42. The lowest BCUT2D eigenvalue weighted by Gasteiger charge is -2.35. The lowest BCUT2D eigenvalue weighted by atomic mass is 10.0. The van der Waals surface area contributed by atoms with Gasteiger partial charge >= 0.3 is 0 Å². The molecule has 1 N–H and O–H groups in total. The molecule has 0 aliphatic carbocycles. The second-order valence-electron chi connectivity index (χ2n) is 5.06. The maximum Gasteiger partial charge on any atom is 0.0561 e. The highest BCUT2D eigenvalue weighted by atomic mass is 35.5. The van der Waals surface area contributed by atoms with Crippen LogP contribution in [-0.2, 0) is 0 Å². The number of rotatable bonds is 4. The molecule has 0 radical (unpaired) electrons. The molecule has 1 aromatic rings. The van der Waals surface area contributed by atoms with Crippen LogP contribution in [0.15, 0.2) is 11.4 Å². The first-order valence-corrected chi connectivity index (χ1v) is 7.62. The van der Waals surface area contributed by atoms with Gasteiger partial charge in [-0.05, 0) is 23.8 Å². The molecule has 1 fully saturated rings. The molecule has 0 saturated carbocycles. The summed E-state index contributed by atoms with van der Waals surface area (Å²) in [4.78, 5) is 3.93. The third-order valence-corrected chi connectivity index (χ3v) is 4.69. The van der Waals surface area contributed by atoms with Gasteiger partial charge in [0.2, 0.25) is 0 Å². The van der Waals surface area contributed by atoms with Gasteiger partial charge < -0.3 is 5.32 Å². The summed E-state index contributed by atoms with van der Waals surface area (Å²) in [5, 5.41) is 6.46. The Morgan fingerprint density at radius 3 is 2.65 bits per heavy atom. The minimum absolute atomic E-state index is 0.504. The summed E-state index contributed by atoms with van der Waals surface area (Å²) in [5.41, 5.74) is 0. The highest BCUT2D eigenvalue weighted by molar-refractivity contribution is 7.10. The second kappa shape index (κ2) is 6.19. The van der Waals surface area contributed by atoms with E-state index in [1.165, 1.54) is 11.3 Å². The number of halogens is 1. The minimum Gasteiger partial charge on any atom is -0.314 e. The van der Waals surface area contributed by atoms with Crippen molar-refractivity contribution in [3.63, 3.8) is 0 Å². The third kappa shape index (κ3) is 3.44. The van der Waals surface area contributed by atoms with Crippen LogP contribution in [0.4, 0.5) is 0 Å². The number of nitrogens with one attached hydrogen (secondary N) is 1. The first kappa shape index (κ1) is 13.3. The number of piperazine rings is 1. The van der Waals surface area contributed by atoms with Gasteiger partial charge in [-0.25, -0.2) is 0 Å². The summed E-state index contributed by atoms with van der Waals surface area (Å²) in [6, 6.07) is 2.53. The highest BCUT2D eigenvalue weighted by Gasteiger charge is 2.25. The monoisotopic (exact) mass is 272 g/mol. The van der Waals surface area contributed by atoms with E-state index in [9.17, 15) is 0 Å². The molecular weight excluding hydrogens is 252 g/mol. The molecule has 2 rings (SSSR count). The van der Waals surface area contributed by atoms with Crippen LogP contribution in [0.5, 0.6) is 0 Å². The van der Waals surface area contributed by atoms with E-state index in [-0.39, 0.29) is 0 Å². The van der Waals surface area contributed by atoms with E-state index in [2.05, 4.69) is 29.4 Å². The fraction of sp³-hybridized carbons (Fsp3) is 0.692. The van der Waals surface area contributed by atoms with Crippen LogP contribution in [0, 0.1) is 5.92 Å². The van der Waals surface area contributed by atoms with Crippen molar-refractivity contribution in [1.82, 2.24) is 10.2 Å². The van der Waals surface area contributed by atoms with Crippen molar-refractivity contribution in [2.45, 2.75) is 26.3 Å². The van der Waals surface area contributed by atoms with Crippen LogP contribution in [0.2, 0.25) is 5.02 Å². The largest absolute Gasteiger partial charge is 0.314 e. The zero-order chi connectivity index (χ0) is 12.3. The van der Waals surface area contributed by atoms with E-state index in [4.69, 9.17) is 11.6 Å². The van der Waals surface area contributed by atoms with Gasteiger partial charge in [0.15, 0.2) is 0 Å². The van der Waals surface area contributed by atoms with Crippen molar-refractivity contribution in [2.75, 3.05) is 26.2 Å². The van der Waals surface area contributed by atoms with Gasteiger partial charge in [0.05, 0.1) is 5.02 Å². The zero-order valence-corrected chi connectivity index (χ0v) is 12.2. The Hall–Kier alpha value is -0.0900. The van der Waals surface area contributed by atoms with Gasteiger partial charge in [0, 0.05) is 37.1 Å². The lowest BCUT2D eigenvalue weighted by Crippen LogP contribution is -2.45. The molecule has 0 amide bonds. The van der Waals surface area contributed by atoms with Crippen LogP contribution >= 0.6 is 22.9 Å². The summed E-state index contributed by atoms with van der Waals surface area (Å²) in [5.74, 6) is 0.702. The molecule has 1 aliphatic rings. The predicted octanol–water partition coefficient (Wildman–Crippen LogP) is 3.39. The van der Waals surface area contributed by atoms with Crippen LogP contribution in [0.25, 0.3) is 0 Å². The van der Waals surface area contributed by atoms with Gasteiger partial charge in [-0.3, -0.25) is 4.90 Å². The Morgan fingerprint density at radius 2 is 2.12 bits per heavy atom. The molecule has 0 spiro atoms. The lowest BCUT2D eigenvalue weighted by molar-refractivity contribution is 0.156. The van der Waals surface area contributed by atoms with E-state index in [1.54, 1.807) is 11.3 Å². The average Bonchev–Trinajstić information content (AvgIpc) is 2.73. The molecule has 0 bridgehead atoms. The van der Waals surface area contributed by atoms with E-state index in [0.29, 0.717) is 12.0 Å². The summed E-state index contributed by atoms with van der Waals surface area (Å²) >= 11 is 8.10. The molecule has 2 heterocycles. The maximum atomic E-state index is 6.31. The van der Waals surface area contributed by atoms with Crippen molar-refractivity contribution < 1.29 is 0 Å². The Balaban J connectivity index is 2.15. The SMILES string of the molecule is CC(C)C[C@@H](c1sccc1Cl)N1CCNCC1.